The van der Waals surface area contributed by atoms with Gasteiger partial charge in [0.05, 0.1) is 0 Å². The van der Waals surface area contributed by atoms with Crippen LogP contribution in [0.3, 0.4) is 0 Å². The zero-order chi connectivity index (χ0) is 9.23. The smallest absolute Gasteiger partial charge is 0.219 e. The maximum absolute atomic E-state index is 11.0. The highest BCUT2D eigenvalue weighted by Gasteiger charge is 1.96. The first-order valence-corrected chi connectivity index (χ1v) is 5.76. The van der Waals surface area contributed by atoms with Crippen LogP contribution in [0.5, 0.6) is 0 Å². The number of hydrogen-bond donors (Lipinski definition) is 1. The second-order valence-corrected chi connectivity index (χ2v) is 3.64. The fourth-order valence-electron chi connectivity index (χ4n) is 0.940. The van der Waals surface area contributed by atoms with Crippen LogP contribution >= 0.6 is 15.9 Å². The Morgan fingerprint density at radius 2 is 2.08 bits per heavy atom. The Bertz CT molecular complexity index is 117. The van der Waals surface area contributed by atoms with E-state index < -0.39 is 0 Å². The molecule has 0 radical (unpaired) electrons. The third kappa shape index (κ3) is 8.05. The summed E-state index contributed by atoms with van der Waals surface area (Å²) in [6.45, 7) is 2.86. The van der Waals surface area contributed by atoms with Gasteiger partial charge in [-0.3, -0.25) is 4.79 Å². The van der Waals surface area contributed by atoms with Gasteiger partial charge in [0.25, 0.3) is 0 Å². The molecule has 0 spiro atoms. The van der Waals surface area contributed by atoms with Crippen molar-refractivity contribution in [1.29, 1.82) is 0 Å². The first-order valence-electron chi connectivity index (χ1n) is 4.64. The molecule has 0 saturated carbocycles. The monoisotopic (exact) mass is 235 g/mol. The summed E-state index contributed by atoms with van der Waals surface area (Å²) >= 11 is 3.37. The van der Waals surface area contributed by atoms with Gasteiger partial charge in [-0.2, -0.15) is 0 Å². The summed E-state index contributed by atoms with van der Waals surface area (Å²) in [5.41, 5.74) is 0. The van der Waals surface area contributed by atoms with E-state index in [1.54, 1.807) is 0 Å². The molecule has 0 rings (SSSR count). The average Bonchev–Trinajstić information content (AvgIpc) is 2.05. The van der Waals surface area contributed by atoms with Gasteiger partial charge in [0.15, 0.2) is 0 Å². The van der Waals surface area contributed by atoms with Crippen LogP contribution in [0, 0.1) is 0 Å². The van der Waals surface area contributed by atoms with Gasteiger partial charge in [0, 0.05) is 18.3 Å². The van der Waals surface area contributed by atoms with E-state index in [2.05, 4.69) is 21.2 Å². The van der Waals surface area contributed by atoms with E-state index in [4.69, 9.17) is 0 Å². The third-order valence-corrected chi connectivity index (χ3v) is 2.17. The normalized spacial score (nSPS) is 9.83. The van der Waals surface area contributed by atoms with Crippen molar-refractivity contribution in [2.24, 2.45) is 0 Å². The minimum absolute atomic E-state index is 0.191. The standard InChI is InChI=1S/C9H18BrNO/c1-2-6-9(12)11-8-5-3-4-7-10/h2-8H2,1H3,(H,11,12). The van der Waals surface area contributed by atoms with Gasteiger partial charge in [-0.05, 0) is 19.3 Å². The molecule has 1 N–H and O–H groups in total. The van der Waals surface area contributed by atoms with E-state index in [0.29, 0.717) is 6.42 Å². The van der Waals surface area contributed by atoms with Crippen molar-refractivity contribution in [2.75, 3.05) is 11.9 Å². The number of amides is 1. The molecule has 0 heterocycles. The molecule has 0 aromatic rings. The lowest BCUT2D eigenvalue weighted by atomic mass is 10.2. The van der Waals surface area contributed by atoms with E-state index >= 15 is 0 Å². The maximum atomic E-state index is 11.0. The number of alkyl halides is 1. The lowest BCUT2D eigenvalue weighted by molar-refractivity contribution is -0.121. The van der Waals surface area contributed by atoms with Crippen molar-refractivity contribution in [3.05, 3.63) is 0 Å². The summed E-state index contributed by atoms with van der Waals surface area (Å²) in [6.07, 6.45) is 5.09. The number of halogens is 1. The molecule has 0 aliphatic rings. The van der Waals surface area contributed by atoms with Crippen LogP contribution in [0.15, 0.2) is 0 Å². The molecular formula is C9H18BrNO. The summed E-state index contributed by atoms with van der Waals surface area (Å²) < 4.78 is 0. The Morgan fingerprint density at radius 1 is 1.33 bits per heavy atom. The van der Waals surface area contributed by atoms with Gasteiger partial charge in [0.1, 0.15) is 0 Å². The molecule has 0 unspecified atom stereocenters. The highest BCUT2D eigenvalue weighted by atomic mass is 79.9. The van der Waals surface area contributed by atoms with Crippen molar-refractivity contribution in [3.63, 3.8) is 0 Å². The molecule has 0 aliphatic carbocycles. The predicted molar refractivity (Wildman–Crippen MR) is 55.6 cm³/mol. The fraction of sp³-hybridized carbons (Fsp3) is 0.889. The lowest BCUT2D eigenvalue weighted by Crippen LogP contribution is -2.23. The molecule has 0 aromatic heterocycles. The van der Waals surface area contributed by atoms with Crippen molar-refractivity contribution in [3.8, 4) is 0 Å². The topological polar surface area (TPSA) is 29.1 Å². The van der Waals surface area contributed by atoms with Crippen molar-refractivity contribution >= 4 is 21.8 Å². The summed E-state index contributed by atoms with van der Waals surface area (Å²) in [4.78, 5) is 11.0. The van der Waals surface area contributed by atoms with Crippen molar-refractivity contribution in [1.82, 2.24) is 5.32 Å². The second-order valence-electron chi connectivity index (χ2n) is 2.85. The number of nitrogens with one attached hydrogen (secondary N) is 1. The Morgan fingerprint density at radius 3 is 2.67 bits per heavy atom. The molecule has 2 nitrogen and oxygen atoms in total. The Balaban J connectivity index is 3.03. The van der Waals surface area contributed by atoms with Crippen LogP contribution in [0.2, 0.25) is 0 Å². The maximum Gasteiger partial charge on any atom is 0.219 e. The lowest BCUT2D eigenvalue weighted by Gasteiger charge is -2.02. The van der Waals surface area contributed by atoms with Crippen LogP contribution < -0.4 is 5.32 Å². The Kier molecular flexibility index (Phi) is 9.00. The molecule has 0 aliphatic heterocycles. The van der Waals surface area contributed by atoms with Crippen LogP contribution in [0.1, 0.15) is 39.0 Å². The van der Waals surface area contributed by atoms with Crippen LogP contribution in [0.4, 0.5) is 0 Å². The SMILES string of the molecule is CCCC(=O)NCCCCCBr. The van der Waals surface area contributed by atoms with Crippen molar-refractivity contribution < 1.29 is 4.79 Å². The van der Waals surface area contributed by atoms with Crippen LogP contribution in [-0.2, 0) is 4.79 Å². The van der Waals surface area contributed by atoms with Gasteiger partial charge in [-0.25, -0.2) is 0 Å². The molecule has 12 heavy (non-hydrogen) atoms. The number of carbonyl (C=O) groups is 1. The molecule has 0 aromatic carbocycles. The van der Waals surface area contributed by atoms with Gasteiger partial charge >= 0.3 is 0 Å². The zero-order valence-corrected chi connectivity index (χ0v) is 9.32. The summed E-state index contributed by atoms with van der Waals surface area (Å²) in [6, 6.07) is 0. The first kappa shape index (κ1) is 11.9. The number of hydrogen-bond acceptors (Lipinski definition) is 1. The van der Waals surface area contributed by atoms with Gasteiger partial charge in [0.2, 0.25) is 5.91 Å². The van der Waals surface area contributed by atoms with E-state index in [-0.39, 0.29) is 5.91 Å². The number of unbranched alkanes of at least 4 members (excludes halogenated alkanes) is 2. The third-order valence-electron chi connectivity index (χ3n) is 1.61. The number of rotatable bonds is 7. The average molecular weight is 236 g/mol. The van der Waals surface area contributed by atoms with E-state index in [1.807, 2.05) is 6.92 Å². The molecule has 72 valence electrons. The first-order chi connectivity index (χ1) is 5.81. The molecular weight excluding hydrogens is 218 g/mol. The highest BCUT2D eigenvalue weighted by molar-refractivity contribution is 9.09. The minimum Gasteiger partial charge on any atom is -0.356 e. The Hall–Kier alpha value is -0.0500. The quantitative estimate of drug-likeness (QED) is 0.534. The van der Waals surface area contributed by atoms with E-state index in [9.17, 15) is 4.79 Å². The molecule has 0 atom stereocenters. The van der Waals surface area contributed by atoms with E-state index in [0.717, 1.165) is 24.7 Å². The molecule has 0 fully saturated rings. The summed E-state index contributed by atoms with van der Waals surface area (Å²) in [5, 5.41) is 3.95. The molecule has 1 amide bonds. The van der Waals surface area contributed by atoms with Gasteiger partial charge < -0.3 is 5.32 Å². The summed E-state index contributed by atoms with van der Waals surface area (Å²) in [5.74, 6) is 0.191. The second kappa shape index (κ2) is 9.04. The highest BCUT2D eigenvalue weighted by Crippen LogP contribution is 1.97. The summed E-state index contributed by atoms with van der Waals surface area (Å²) in [7, 11) is 0. The van der Waals surface area contributed by atoms with Crippen LogP contribution in [0.25, 0.3) is 0 Å². The zero-order valence-electron chi connectivity index (χ0n) is 7.74. The molecule has 3 heteroatoms. The van der Waals surface area contributed by atoms with Crippen LogP contribution in [-0.4, -0.2) is 17.8 Å². The van der Waals surface area contributed by atoms with Gasteiger partial charge in [-0.1, -0.05) is 29.3 Å². The Labute approximate surface area is 83.2 Å². The predicted octanol–water partition coefficient (Wildman–Crippen LogP) is 2.47. The fourth-order valence-corrected chi connectivity index (χ4v) is 1.34. The largest absolute Gasteiger partial charge is 0.356 e. The number of carbonyl (C=O) groups excluding carboxylic acids is 1. The minimum atomic E-state index is 0.191. The van der Waals surface area contributed by atoms with E-state index in [1.165, 1.54) is 12.8 Å². The van der Waals surface area contributed by atoms with Gasteiger partial charge in [-0.15, -0.1) is 0 Å². The molecule has 0 saturated heterocycles. The molecule has 0 bridgehead atoms. The van der Waals surface area contributed by atoms with Crippen molar-refractivity contribution in [2.45, 2.75) is 39.0 Å².